The number of hydrogen-bond donors (Lipinski definition) is 3. The van der Waals surface area contributed by atoms with Crippen molar-refractivity contribution in [3.05, 3.63) is 48.7 Å². The highest BCUT2D eigenvalue weighted by molar-refractivity contribution is 7.91. The Morgan fingerprint density at radius 1 is 1.10 bits per heavy atom. The van der Waals surface area contributed by atoms with Gasteiger partial charge in [-0.3, -0.25) is 19.1 Å². The highest BCUT2D eigenvalue weighted by Gasteiger charge is 2.63. The number of aromatic nitrogens is 1. The van der Waals surface area contributed by atoms with Gasteiger partial charge in [0, 0.05) is 23.9 Å². The number of sulfonamides is 1. The molecular weight excluding hydrogens is 687 g/mol. The van der Waals surface area contributed by atoms with Crippen LogP contribution in [0.25, 0.3) is 10.8 Å². The van der Waals surface area contributed by atoms with E-state index in [0.717, 1.165) is 23.6 Å². The van der Waals surface area contributed by atoms with Gasteiger partial charge in [-0.15, -0.1) is 0 Å². The molecule has 3 N–H and O–H groups in total. The molecule has 0 bridgehead atoms. The SMILES string of the molecule is CCCC1(S(=O)(=O)NC(=O)C23CC2/C=C/CCCCCC(NC(=O)OC(C)(C)C)C(=O)N2CC(Oc4nccc5ccccc45)CC2C(=O)N3)CC1. The fourth-order valence-corrected chi connectivity index (χ4v) is 9.28. The molecular formula is C38H51N5O8S. The number of fused-ring (bicyclic) bond motifs is 3. The van der Waals surface area contributed by atoms with Crippen LogP contribution in [-0.4, -0.2) is 82.7 Å². The van der Waals surface area contributed by atoms with E-state index in [1.807, 2.05) is 49.4 Å². The first-order valence-electron chi connectivity index (χ1n) is 18.5. The maximum atomic E-state index is 14.4. The fraction of sp³-hybridized carbons (Fsp3) is 0.605. The molecule has 1 aromatic heterocycles. The van der Waals surface area contributed by atoms with Crippen molar-refractivity contribution < 1.29 is 37.1 Å². The first-order valence-corrected chi connectivity index (χ1v) is 20.0. The third kappa shape index (κ3) is 8.06. The number of nitrogens with zero attached hydrogens (tertiary/aromatic N) is 2. The molecule has 0 spiro atoms. The highest BCUT2D eigenvalue weighted by Crippen LogP contribution is 2.49. The maximum Gasteiger partial charge on any atom is 0.408 e. The van der Waals surface area contributed by atoms with Crippen molar-refractivity contribution in [2.45, 2.75) is 132 Å². The van der Waals surface area contributed by atoms with E-state index in [2.05, 4.69) is 20.3 Å². The van der Waals surface area contributed by atoms with Crippen molar-refractivity contribution in [3.63, 3.8) is 0 Å². The summed E-state index contributed by atoms with van der Waals surface area (Å²) in [5.74, 6) is -1.90. The Bertz CT molecular complexity index is 1830. The van der Waals surface area contributed by atoms with Gasteiger partial charge in [-0.1, -0.05) is 56.5 Å². The van der Waals surface area contributed by atoms with Gasteiger partial charge in [-0.25, -0.2) is 18.2 Å². The number of carbonyl (C=O) groups is 4. The van der Waals surface area contributed by atoms with Crippen LogP contribution in [0.2, 0.25) is 0 Å². The van der Waals surface area contributed by atoms with Crippen LogP contribution < -0.4 is 20.1 Å². The zero-order chi connectivity index (χ0) is 37.3. The average Bonchev–Trinajstić information content (AvgIpc) is 3.97. The lowest BCUT2D eigenvalue weighted by molar-refractivity contribution is -0.141. The maximum absolute atomic E-state index is 14.4. The highest BCUT2D eigenvalue weighted by atomic mass is 32.2. The van der Waals surface area contributed by atoms with Gasteiger partial charge in [-0.2, -0.15) is 0 Å². The molecule has 1 aromatic carbocycles. The van der Waals surface area contributed by atoms with Gasteiger partial charge in [-0.05, 0) is 83.2 Å². The fourth-order valence-electron chi connectivity index (χ4n) is 7.53. The molecule has 14 heteroatoms. The number of amides is 4. The smallest absolute Gasteiger partial charge is 0.408 e. The number of nitrogens with one attached hydrogen (secondary N) is 3. The molecule has 52 heavy (non-hydrogen) atoms. The summed E-state index contributed by atoms with van der Waals surface area (Å²) >= 11 is 0. The molecule has 5 atom stereocenters. The first-order chi connectivity index (χ1) is 24.7. The number of benzene rings is 1. The normalized spacial score (nSPS) is 28.3. The third-order valence-electron chi connectivity index (χ3n) is 10.6. The predicted molar refractivity (Wildman–Crippen MR) is 195 cm³/mol. The second-order valence-corrected chi connectivity index (χ2v) is 17.8. The van der Waals surface area contributed by atoms with Crippen LogP contribution in [0.1, 0.15) is 98.3 Å². The Balaban J connectivity index is 1.30. The van der Waals surface area contributed by atoms with E-state index in [9.17, 15) is 27.6 Å². The molecule has 0 radical (unpaired) electrons. The molecule has 2 aliphatic heterocycles. The van der Waals surface area contributed by atoms with Crippen LogP contribution >= 0.6 is 0 Å². The van der Waals surface area contributed by atoms with E-state index in [-0.39, 0.29) is 19.4 Å². The van der Waals surface area contributed by atoms with Crippen molar-refractivity contribution >= 4 is 44.6 Å². The second kappa shape index (κ2) is 14.7. The van der Waals surface area contributed by atoms with E-state index in [4.69, 9.17) is 9.47 Å². The molecule has 4 amide bonds. The Morgan fingerprint density at radius 2 is 1.87 bits per heavy atom. The topological polar surface area (TPSA) is 173 Å². The number of allylic oxidation sites excluding steroid dienone is 1. The monoisotopic (exact) mass is 737 g/mol. The Labute approximate surface area is 305 Å². The van der Waals surface area contributed by atoms with E-state index < -0.39 is 73.8 Å². The van der Waals surface area contributed by atoms with E-state index in [0.29, 0.717) is 50.8 Å². The zero-order valence-corrected chi connectivity index (χ0v) is 31.3. The van der Waals surface area contributed by atoms with E-state index in [1.165, 1.54) is 4.90 Å². The minimum atomic E-state index is -3.99. The average molecular weight is 738 g/mol. The number of carbonyl (C=O) groups excluding carboxylic acids is 4. The van der Waals surface area contributed by atoms with Crippen molar-refractivity contribution in [1.29, 1.82) is 0 Å². The van der Waals surface area contributed by atoms with Crippen molar-refractivity contribution in [3.8, 4) is 5.88 Å². The first kappa shape index (κ1) is 37.6. The van der Waals surface area contributed by atoms with Crippen LogP contribution in [0, 0.1) is 5.92 Å². The van der Waals surface area contributed by atoms with Crippen molar-refractivity contribution in [2.75, 3.05) is 6.54 Å². The molecule has 6 rings (SSSR count). The summed E-state index contributed by atoms with van der Waals surface area (Å²) in [6.45, 7) is 7.13. The Hall–Kier alpha value is -4.20. The van der Waals surface area contributed by atoms with Crippen molar-refractivity contribution in [2.24, 2.45) is 5.92 Å². The molecule has 3 fully saturated rings. The van der Waals surface area contributed by atoms with Crippen LogP contribution in [0.15, 0.2) is 48.7 Å². The quantitative estimate of drug-likeness (QED) is 0.326. The van der Waals surface area contributed by atoms with Gasteiger partial charge in [0.05, 0.1) is 11.3 Å². The minimum absolute atomic E-state index is 0.0186. The van der Waals surface area contributed by atoms with E-state index in [1.54, 1.807) is 27.0 Å². The molecule has 4 aliphatic rings. The largest absolute Gasteiger partial charge is 0.472 e. The van der Waals surface area contributed by atoms with Crippen LogP contribution in [-0.2, 0) is 29.1 Å². The summed E-state index contributed by atoms with van der Waals surface area (Å²) in [4.78, 5) is 61.6. The summed E-state index contributed by atoms with van der Waals surface area (Å²) < 4.78 is 40.2. The van der Waals surface area contributed by atoms with Gasteiger partial charge < -0.3 is 25.0 Å². The molecule has 3 heterocycles. The molecule has 2 aromatic rings. The number of rotatable bonds is 8. The lowest BCUT2D eigenvalue weighted by Gasteiger charge is -2.30. The molecule has 5 unspecified atom stereocenters. The number of ether oxygens (including phenoxy) is 2. The zero-order valence-electron chi connectivity index (χ0n) is 30.5. The minimum Gasteiger partial charge on any atom is -0.472 e. The van der Waals surface area contributed by atoms with Crippen molar-refractivity contribution in [1.82, 2.24) is 25.2 Å². The van der Waals surface area contributed by atoms with Gasteiger partial charge in [0.2, 0.25) is 27.7 Å². The lowest BCUT2D eigenvalue weighted by atomic mass is 10.0. The van der Waals surface area contributed by atoms with Crippen LogP contribution in [0.4, 0.5) is 4.79 Å². The Morgan fingerprint density at radius 3 is 2.60 bits per heavy atom. The van der Waals surface area contributed by atoms with Crippen LogP contribution in [0.5, 0.6) is 5.88 Å². The summed E-state index contributed by atoms with van der Waals surface area (Å²) in [5.41, 5.74) is -2.29. The standard InChI is InChI=1S/C38H51N5O8S/c1-5-18-37(19-20-37)52(48,49)42-34(46)38-23-26(38)14-9-7-6-8-10-16-29(40-35(47)51-36(2,3)4)33(45)43-24-27(22-30(43)31(44)41-38)50-32-28-15-12-11-13-25(28)17-21-39-32/h9,11-15,17,21,26-27,29-30H,5-8,10,16,18-20,22-24H2,1-4H3,(H,40,47)(H,41,44)(H,42,46)/b14-9+. The molecule has 13 nitrogen and oxygen atoms in total. The molecule has 282 valence electrons. The van der Waals surface area contributed by atoms with Gasteiger partial charge >= 0.3 is 6.09 Å². The summed E-state index contributed by atoms with van der Waals surface area (Å²) in [6, 6.07) is 7.40. The molecule has 1 saturated heterocycles. The summed E-state index contributed by atoms with van der Waals surface area (Å²) in [5, 5.41) is 7.35. The summed E-state index contributed by atoms with van der Waals surface area (Å²) in [7, 11) is -3.99. The lowest BCUT2D eigenvalue weighted by Crippen LogP contribution is -2.58. The van der Waals surface area contributed by atoms with E-state index >= 15 is 0 Å². The molecule has 2 aliphatic carbocycles. The van der Waals surface area contributed by atoms with Gasteiger partial charge in [0.25, 0.3) is 5.91 Å². The Kier molecular flexibility index (Phi) is 10.6. The predicted octanol–water partition coefficient (Wildman–Crippen LogP) is 4.65. The van der Waals surface area contributed by atoms with Gasteiger partial charge in [0.1, 0.15) is 29.3 Å². The van der Waals surface area contributed by atoms with Gasteiger partial charge in [0.15, 0.2) is 0 Å². The third-order valence-corrected chi connectivity index (χ3v) is 12.8. The molecule has 2 saturated carbocycles. The number of pyridine rings is 1. The number of hydrogen-bond acceptors (Lipinski definition) is 9. The second-order valence-electron chi connectivity index (χ2n) is 15.7. The number of alkyl carbamates (subject to hydrolysis) is 1. The van der Waals surface area contributed by atoms with Crippen LogP contribution in [0.3, 0.4) is 0 Å². The summed E-state index contributed by atoms with van der Waals surface area (Å²) in [6.07, 6.45) is 9.71.